The van der Waals surface area contributed by atoms with E-state index in [1.54, 1.807) is 19.2 Å². The van der Waals surface area contributed by atoms with Crippen molar-refractivity contribution in [3.63, 3.8) is 0 Å². The van der Waals surface area contributed by atoms with E-state index in [-0.39, 0.29) is 24.8 Å². The first-order valence-electron chi connectivity index (χ1n) is 3.86. The molecule has 0 spiro atoms. The number of hydrogen-bond acceptors (Lipinski definition) is 4. The molecule has 5 nitrogen and oxygen atoms in total. The highest BCUT2D eigenvalue weighted by Crippen LogP contribution is 2.02. The quantitative estimate of drug-likeness (QED) is 0.225. The summed E-state index contributed by atoms with van der Waals surface area (Å²) in [4.78, 5) is 0. The molecular formula is C6H19Cl2N5S. The molecule has 0 unspecified atom stereocenters. The van der Waals surface area contributed by atoms with E-state index in [0.29, 0.717) is 5.96 Å². The zero-order chi connectivity index (χ0) is 9.40. The summed E-state index contributed by atoms with van der Waals surface area (Å²) in [5.74, 6) is 1.42. The number of hydrogen-bond donors (Lipinski definition) is 3. The number of halogens is 2. The molecule has 0 aromatic heterocycles. The van der Waals surface area contributed by atoms with Gasteiger partial charge in [0.2, 0.25) is 5.96 Å². The van der Waals surface area contributed by atoms with Crippen molar-refractivity contribution >= 4 is 42.7 Å². The van der Waals surface area contributed by atoms with Gasteiger partial charge in [0.25, 0.3) is 0 Å². The van der Waals surface area contributed by atoms with Crippen LogP contribution in [0.3, 0.4) is 0 Å². The van der Waals surface area contributed by atoms with E-state index in [1.165, 1.54) is 11.9 Å². The lowest BCUT2D eigenvalue weighted by atomic mass is 10.6. The van der Waals surface area contributed by atoms with Crippen LogP contribution in [0.5, 0.6) is 0 Å². The summed E-state index contributed by atoms with van der Waals surface area (Å²) in [5, 5.41) is 1.54. The van der Waals surface area contributed by atoms with Gasteiger partial charge in [0.1, 0.15) is 0 Å². The van der Waals surface area contributed by atoms with Crippen molar-refractivity contribution in [2.24, 2.45) is 10.1 Å². The molecule has 0 aromatic carbocycles. The summed E-state index contributed by atoms with van der Waals surface area (Å²) in [6.45, 7) is 2.10. The second kappa shape index (κ2) is 13.1. The van der Waals surface area contributed by atoms with Crippen LogP contribution in [-0.2, 0) is 0 Å². The average molecular weight is 264 g/mol. The van der Waals surface area contributed by atoms with Crippen LogP contribution in [0.4, 0.5) is 0 Å². The molecule has 0 radical (unpaired) electrons. The minimum atomic E-state index is 0. The molecule has 0 heterocycles. The van der Waals surface area contributed by atoms with Gasteiger partial charge in [-0.15, -0.1) is 24.8 Å². The Bertz CT molecular complexity index is 142. The predicted octanol–water partition coefficient (Wildman–Crippen LogP) is 0.774. The third-order valence-corrected chi connectivity index (χ3v) is 2.04. The van der Waals surface area contributed by atoms with Crippen molar-refractivity contribution in [1.29, 1.82) is 0 Å². The van der Waals surface area contributed by atoms with Gasteiger partial charge in [0.15, 0.2) is 0 Å². The van der Waals surface area contributed by atoms with Gasteiger partial charge in [-0.1, -0.05) is 6.92 Å². The highest BCUT2D eigenvalue weighted by molar-refractivity contribution is 7.98. The Labute approximate surface area is 102 Å². The van der Waals surface area contributed by atoms with E-state index in [4.69, 9.17) is 5.73 Å². The molecule has 0 rings (SSSR count). The lowest BCUT2D eigenvalue weighted by Gasteiger charge is -2.19. The molecule has 0 atom stereocenters. The van der Waals surface area contributed by atoms with E-state index in [2.05, 4.69) is 22.2 Å². The molecule has 0 aliphatic heterocycles. The third kappa shape index (κ3) is 8.71. The molecule has 4 N–H and O–H groups in total. The number of nitrogens with zero attached hydrogens (tertiary/aromatic N) is 2. The van der Waals surface area contributed by atoms with Crippen LogP contribution >= 0.6 is 36.8 Å². The Morgan fingerprint density at radius 2 is 1.86 bits per heavy atom. The van der Waals surface area contributed by atoms with Crippen LogP contribution < -0.4 is 16.6 Å². The van der Waals surface area contributed by atoms with E-state index >= 15 is 0 Å². The molecule has 0 aromatic rings. The molecule has 14 heavy (non-hydrogen) atoms. The Kier molecular flexibility index (Phi) is 18.4. The number of rotatable bonds is 5. The van der Waals surface area contributed by atoms with Crippen LogP contribution in [0.25, 0.3) is 0 Å². The zero-order valence-corrected chi connectivity index (χ0v) is 11.1. The van der Waals surface area contributed by atoms with Crippen molar-refractivity contribution in [1.82, 2.24) is 16.0 Å². The SMILES string of the molecule is CCCSN=C(N)N(NC)NC.Cl.Cl. The molecule has 0 saturated heterocycles. The second-order valence-corrected chi connectivity index (χ2v) is 2.91. The molecule has 0 aliphatic carbocycles. The third-order valence-electron chi connectivity index (χ3n) is 1.13. The normalized spacial score (nSPS) is 10.1. The lowest BCUT2D eigenvalue weighted by Crippen LogP contribution is -2.51. The summed E-state index contributed by atoms with van der Waals surface area (Å²) in [6.07, 6.45) is 1.10. The first-order valence-corrected chi connectivity index (χ1v) is 4.80. The molecule has 0 fully saturated rings. The fourth-order valence-corrected chi connectivity index (χ4v) is 1.07. The highest BCUT2D eigenvalue weighted by Gasteiger charge is 2.00. The van der Waals surface area contributed by atoms with Gasteiger partial charge in [-0.2, -0.15) is 4.40 Å². The predicted molar refractivity (Wildman–Crippen MR) is 68.8 cm³/mol. The minimum Gasteiger partial charge on any atom is -0.367 e. The van der Waals surface area contributed by atoms with E-state index in [1.807, 2.05) is 0 Å². The number of hydrazine groups is 2. The summed E-state index contributed by atoms with van der Waals surface area (Å²) in [5.41, 5.74) is 11.3. The molecule has 0 bridgehead atoms. The Balaban J connectivity index is -0.000000605. The molecule has 0 saturated carbocycles. The van der Waals surface area contributed by atoms with Gasteiger partial charge in [0, 0.05) is 19.8 Å². The number of nitrogens with one attached hydrogen (secondary N) is 2. The van der Waals surface area contributed by atoms with Crippen LogP contribution in [0, 0.1) is 0 Å². The Morgan fingerprint density at radius 1 is 1.36 bits per heavy atom. The summed E-state index contributed by atoms with van der Waals surface area (Å²) in [7, 11) is 3.53. The molecule has 0 aliphatic rings. The highest BCUT2D eigenvalue weighted by atomic mass is 35.5. The summed E-state index contributed by atoms with van der Waals surface area (Å²) in [6, 6.07) is 0. The number of guanidine groups is 1. The standard InChI is InChI=1S/C6H17N5S.2ClH/c1-4-5-12-10-6(7)11(8-2)9-3;;/h8-9H,4-5H2,1-3H3,(H2,7,10);2*1H. The van der Waals surface area contributed by atoms with Crippen LogP contribution in [0.1, 0.15) is 13.3 Å². The average Bonchev–Trinajstić information content (AvgIpc) is 2.07. The summed E-state index contributed by atoms with van der Waals surface area (Å²) >= 11 is 1.46. The first kappa shape index (κ1) is 19.7. The van der Waals surface area contributed by atoms with Crippen LogP contribution in [0.15, 0.2) is 4.40 Å². The van der Waals surface area contributed by atoms with Crippen LogP contribution in [-0.4, -0.2) is 30.9 Å². The maximum atomic E-state index is 5.61. The maximum Gasteiger partial charge on any atom is 0.232 e. The van der Waals surface area contributed by atoms with Gasteiger partial charge in [-0.3, -0.25) is 0 Å². The van der Waals surface area contributed by atoms with E-state index in [9.17, 15) is 0 Å². The van der Waals surface area contributed by atoms with Crippen molar-refractivity contribution in [2.45, 2.75) is 13.3 Å². The molecule has 88 valence electrons. The van der Waals surface area contributed by atoms with Crippen molar-refractivity contribution in [3.05, 3.63) is 0 Å². The van der Waals surface area contributed by atoms with Crippen molar-refractivity contribution in [2.75, 3.05) is 19.8 Å². The van der Waals surface area contributed by atoms with E-state index in [0.717, 1.165) is 12.2 Å². The van der Waals surface area contributed by atoms with Crippen molar-refractivity contribution in [3.8, 4) is 0 Å². The number of nitrogens with two attached hydrogens (primary N) is 1. The van der Waals surface area contributed by atoms with Gasteiger partial charge in [-0.05, 0) is 18.4 Å². The van der Waals surface area contributed by atoms with Gasteiger partial charge < -0.3 is 5.73 Å². The van der Waals surface area contributed by atoms with Gasteiger partial charge in [0.05, 0.1) is 0 Å². The topological polar surface area (TPSA) is 65.7 Å². The molecular weight excluding hydrogens is 245 g/mol. The van der Waals surface area contributed by atoms with Crippen LogP contribution in [0.2, 0.25) is 0 Å². The smallest absolute Gasteiger partial charge is 0.232 e. The fourth-order valence-electron chi connectivity index (χ4n) is 0.585. The monoisotopic (exact) mass is 263 g/mol. The lowest BCUT2D eigenvalue weighted by molar-refractivity contribution is 0.264. The molecule has 0 amide bonds. The van der Waals surface area contributed by atoms with Crippen molar-refractivity contribution < 1.29 is 0 Å². The Hall–Kier alpha value is 0.120. The Morgan fingerprint density at radius 3 is 2.21 bits per heavy atom. The molecule has 8 heteroatoms. The minimum absolute atomic E-state index is 0. The largest absolute Gasteiger partial charge is 0.367 e. The zero-order valence-electron chi connectivity index (χ0n) is 8.61. The maximum absolute atomic E-state index is 5.61. The first-order chi connectivity index (χ1) is 5.76. The second-order valence-electron chi connectivity index (χ2n) is 2.07. The van der Waals surface area contributed by atoms with E-state index < -0.39 is 0 Å². The van der Waals surface area contributed by atoms with Gasteiger partial charge >= 0.3 is 0 Å². The summed E-state index contributed by atoms with van der Waals surface area (Å²) < 4.78 is 4.07. The van der Waals surface area contributed by atoms with Gasteiger partial charge in [-0.25, -0.2) is 16.0 Å². The fraction of sp³-hybridized carbons (Fsp3) is 0.833.